The predicted molar refractivity (Wildman–Crippen MR) is 128 cm³/mol. The van der Waals surface area contributed by atoms with E-state index in [0.717, 1.165) is 47.3 Å². The fourth-order valence-corrected chi connectivity index (χ4v) is 5.03. The van der Waals surface area contributed by atoms with Crippen molar-refractivity contribution in [2.24, 2.45) is 0 Å². The third kappa shape index (κ3) is 4.65. The second-order valence-electron chi connectivity index (χ2n) is 7.93. The van der Waals surface area contributed by atoms with Gasteiger partial charge in [-0.3, -0.25) is 4.79 Å². The molecule has 1 saturated carbocycles. The van der Waals surface area contributed by atoms with Crippen molar-refractivity contribution in [3.05, 3.63) is 70.0 Å². The first kappa shape index (κ1) is 20.6. The summed E-state index contributed by atoms with van der Waals surface area (Å²) in [6.07, 6.45) is 2.14. The normalized spacial score (nSPS) is 16.4. The molecule has 0 unspecified atom stereocenters. The summed E-state index contributed by atoms with van der Waals surface area (Å²) in [4.78, 5) is 15.4. The summed E-state index contributed by atoms with van der Waals surface area (Å²) in [6, 6.07) is 16.4. The molecule has 2 heterocycles. The van der Waals surface area contributed by atoms with Gasteiger partial charge in [0, 0.05) is 47.2 Å². The number of carbonyl (C=O) groups excluding carboxylic acids is 1. The molecule has 2 fully saturated rings. The monoisotopic (exact) mass is 497 g/mol. The topological polar surface area (TPSA) is 63.1 Å². The summed E-state index contributed by atoms with van der Waals surface area (Å²) in [5.74, 6) is 2.55. The highest BCUT2D eigenvalue weighted by Gasteiger charge is 2.34. The molecule has 160 valence electrons. The maximum atomic E-state index is 12.9. The van der Waals surface area contributed by atoms with E-state index in [1.165, 1.54) is 17.2 Å². The maximum Gasteiger partial charge on any atom is 0.274 e. The van der Waals surface area contributed by atoms with Crippen LogP contribution in [0.25, 0.3) is 5.69 Å². The van der Waals surface area contributed by atoms with Crippen LogP contribution in [-0.2, 0) is 6.54 Å². The van der Waals surface area contributed by atoms with Gasteiger partial charge in [-0.25, -0.2) is 4.68 Å². The molecule has 0 atom stereocenters. The van der Waals surface area contributed by atoms with E-state index in [1.807, 2.05) is 40.7 Å². The Morgan fingerprint density at radius 1 is 1.03 bits per heavy atom. The Kier molecular flexibility index (Phi) is 6.00. The van der Waals surface area contributed by atoms with E-state index in [4.69, 9.17) is 0 Å². The second-order valence-corrected chi connectivity index (χ2v) is 10.1. The molecule has 3 aromatic rings. The Bertz CT molecular complexity index is 1060. The average Bonchev–Trinajstić information content (AvgIpc) is 3.56. The first-order valence-electron chi connectivity index (χ1n) is 10.6. The molecule has 1 saturated heterocycles. The molecular formula is C23H24BrN5OS. The average molecular weight is 498 g/mol. The van der Waals surface area contributed by atoms with Gasteiger partial charge in [0.1, 0.15) is 0 Å². The van der Waals surface area contributed by atoms with Crippen LogP contribution in [0.1, 0.15) is 40.5 Å². The summed E-state index contributed by atoms with van der Waals surface area (Å²) < 4.78 is 2.82. The Hall–Kier alpha value is -2.32. The summed E-state index contributed by atoms with van der Waals surface area (Å²) in [6.45, 7) is 2.67. The van der Waals surface area contributed by atoms with Crippen LogP contribution in [-0.4, -0.2) is 45.5 Å². The zero-order chi connectivity index (χ0) is 21.2. The lowest BCUT2D eigenvalue weighted by Gasteiger charge is -2.28. The molecule has 0 bridgehead atoms. The van der Waals surface area contributed by atoms with Crippen molar-refractivity contribution in [2.75, 3.05) is 29.5 Å². The second kappa shape index (κ2) is 9.04. The van der Waals surface area contributed by atoms with Crippen molar-refractivity contribution in [3.63, 3.8) is 0 Å². The van der Waals surface area contributed by atoms with Crippen molar-refractivity contribution >= 4 is 39.3 Å². The highest BCUT2D eigenvalue weighted by molar-refractivity contribution is 9.10. The van der Waals surface area contributed by atoms with Crippen LogP contribution in [0.5, 0.6) is 0 Å². The van der Waals surface area contributed by atoms with Gasteiger partial charge in [0.15, 0.2) is 5.69 Å². The summed E-state index contributed by atoms with van der Waals surface area (Å²) in [7, 11) is 0. The number of carbonyl (C=O) groups is 1. The van der Waals surface area contributed by atoms with E-state index in [2.05, 4.69) is 60.7 Å². The highest BCUT2D eigenvalue weighted by Crippen LogP contribution is 2.42. The first-order chi connectivity index (χ1) is 15.2. The number of halogens is 1. The molecule has 2 aliphatic rings. The van der Waals surface area contributed by atoms with E-state index in [0.29, 0.717) is 18.2 Å². The fourth-order valence-electron chi connectivity index (χ4n) is 3.86. The van der Waals surface area contributed by atoms with Crippen molar-refractivity contribution < 1.29 is 4.79 Å². The van der Waals surface area contributed by atoms with Gasteiger partial charge in [0.25, 0.3) is 5.91 Å². The molecule has 0 radical (unpaired) electrons. The lowest BCUT2D eigenvalue weighted by Crippen LogP contribution is -2.32. The molecule has 1 amide bonds. The number of anilines is 1. The van der Waals surface area contributed by atoms with Crippen molar-refractivity contribution in [1.29, 1.82) is 0 Å². The molecule has 1 N–H and O–H groups in total. The first-order valence-corrected chi connectivity index (χ1v) is 12.6. The molecule has 31 heavy (non-hydrogen) atoms. The summed E-state index contributed by atoms with van der Waals surface area (Å²) in [5.41, 5.74) is 4.61. The van der Waals surface area contributed by atoms with Gasteiger partial charge < -0.3 is 10.2 Å². The molecule has 6 nitrogen and oxygen atoms in total. The predicted octanol–water partition coefficient (Wildman–Crippen LogP) is 4.39. The highest BCUT2D eigenvalue weighted by atomic mass is 79.9. The minimum atomic E-state index is -0.164. The van der Waals surface area contributed by atoms with Crippen LogP contribution < -0.4 is 10.2 Å². The van der Waals surface area contributed by atoms with Gasteiger partial charge in [-0.2, -0.15) is 11.8 Å². The standard InChI is InChI=1S/C23H24BrN5OS/c24-18-5-9-20(10-6-18)29-22(17-3-4-17)21(26-27-29)23(30)25-15-16-1-7-19(8-2-16)28-11-13-31-14-12-28/h1-2,5-10,17H,3-4,11-15H2,(H,25,30). The largest absolute Gasteiger partial charge is 0.370 e. The van der Waals surface area contributed by atoms with Crippen LogP contribution in [0.4, 0.5) is 5.69 Å². The molecular weight excluding hydrogens is 474 g/mol. The van der Waals surface area contributed by atoms with E-state index in [1.54, 1.807) is 0 Å². The van der Waals surface area contributed by atoms with Crippen LogP contribution in [0, 0.1) is 0 Å². The van der Waals surface area contributed by atoms with Gasteiger partial charge >= 0.3 is 0 Å². The van der Waals surface area contributed by atoms with Gasteiger partial charge in [-0.1, -0.05) is 33.3 Å². The van der Waals surface area contributed by atoms with Crippen molar-refractivity contribution in [2.45, 2.75) is 25.3 Å². The Balaban J connectivity index is 1.28. The van der Waals surface area contributed by atoms with Crippen molar-refractivity contribution in [3.8, 4) is 5.69 Å². The zero-order valence-electron chi connectivity index (χ0n) is 17.1. The number of aromatic nitrogens is 3. The maximum absolute atomic E-state index is 12.9. The number of benzene rings is 2. The van der Waals surface area contributed by atoms with Crippen molar-refractivity contribution in [1.82, 2.24) is 20.3 Å². The van der Waals surface area contributed by atoms with E-state index in [9.17, 15) is 4.79 Å². The molecule has 1 aliphatic heterocycles. The number of nitrogens with one attached hydrogen (secondary N) is 1. The number of hydrogen-bond donors (Lipinski definition) is 1. The summed E-state index contributed by atoms with van der Waals surface area (Å²) in [5, 5.41) is 11.6. The third-order valence-electron chi connectivity index (χ3n) is 5.72. The van der Waals surface area contributed by atoms with E-state index < -0.39 is 0 Å². The number of hydrogen-bond acceptors (Lipinski definition) is 5. The Morgan fingerprint density at radius 2 is 1.71 bits per heavy atom. The lowest BCUT2D eigenvalue weighted by atomic mass is 10.1. The lowest BCUT2D eigenvalue weighted by molar-refractivity contribution is 0.0945. The van der Waals surface area contributed by atoms with Crippen LogP contribution in [0.2, 0.25) is 0 Å². The number of thioether (sulfide) groups is 1. The number of amides is 1. The van der Waals surface area contributed by atoms with Crippen LogP contribution in [0.3, 0.4) is 0 Å². The van der Waals surface area contributed by atoms with Crippen LogP contribution >= 0.6 is 27.7 Å². The van der Waals surface area contributed by atoms with Gasteiger partial charge in [-0.15, -0.1) is 5.10 Å². The smallest absolute Gasteiger partial charge is 0.274 e. The SMILES string of the molecule is O=C(NCc1ccc(N2CCSCC2)cc1)c1nnn(-c2ccc(Br)cc2)c1C1CC1. The molecule has 5 rings (SSSR count). The third-order valence-corrected chi connectivity index (χ3v) is 7.19. The summed E-state index contributed by atoms with van der Waals surface area (Å²) >= 11 is 5.47. The van der Waals surface area contributed by atoms with Gasteiger partial charge in [-0.05, 0) is 54.8 Å². The number of rotatable bonds is 6. The molecule has 1 aliphatic carbocycles. The fraction of sp³-hybridized carbons (Fsp3) is 0.348. The molecule has 0 spiro atoms. The molecule has 1 aromatic heterocycles. The quantitative estimate of drug-likeness (QED) is 0.546. The molecule has 2 aromatic carbocycles. The van der Waals surface area contributed by atoms with E-state index >= 15 is 0 Å². The minimum absolute atomic E-state index is 0.164. The number of nitrogens with zero attached hydrogens (tertiary/aromatic N) is 4. The Morgan fingerprint density at radius 3 is 2.39 bits per heavy atom. The van der Waals surface area contributed by atoms with Crippen LogP contribution in [0.15, 0.2) is 53.0 Å². The Labute approximate surface area is 194 Å². The van der Waals surface area contributed by atoms with E-state index in [-0.39, 0.29) is 5.91 Å². The minimum Gasteiger partial charge on any atom is -0.370 e. The zero-order valence-corrected chi connectivity index (χ0v) is 19.5. The molecule has 8 heteroatoms. The van der Waals surface area contributed by atoms with Gasteiger partial charge in [0.05, 0.1) is 11.4 Å². The van der Waals surface area contributed by atoms with Gasteiger partial charge in [0.2, 0.25) is 0 Å².